The molecular weight excluding hydrogens is 440 g/mol. The second kappa shape index (κ2) is 9.25. The van der Waals surface area contributed by atoms with E-state index in [0.29, 0.717) is 11.6 Å². The number of methoxy groups -OCH3 is 1. The van der Waals surface area contributed by atoms with Crippen LogP contribution in [0.2, 0.25) is 0 Å². The summed E-state index contributed by atoms with van der Waals surface area (Å²) in [7, 11) is 3.56. The molecule has 0 bridgehead atoms. The molecule has 1 amide bonds. The maximum atomic E-state index is 12.3. The van der Waals surface area contributed by atoms with Gasteiger partial charge in [-0.05, 0) is 48.4 Å². The largest absolute Gasteiger partial charge is 0.497 e. The third kappa shape index (κ3) is 5.14. The normalized spacial score (nSPS) is 10.7. The van der Waals surface area contributed by atoms with Crippen LogP contribution in [-0.4, -0.2) is 33.5 Å². The first kappa shape index (κ1) is 20.4. The third-order valence-corrected chi connectivity index (χ3v) is 5.75. The topological polar surface area (TPSA) is 69.0 Å². The van der Waals surface area contributed by atoms with Crippen LogP contribution in [0.1, 0.15) is 17.0 Å². The van der Waals surface area contributed by atoms with Gasteiger partial charge in [0, 0.05) is 23.6 Å². The number of aromatic nitrogens is 3. The predicted octanol–water partition coefficient (Wildman–Crippen LogP) is 4.22. The van der Waals surface area contributed by atoms with Crippen molar-refractivity contribution in [2.24, 2.45) is 7.05 Å². The number of nitrogens with one attached hydrogen (secondary N) is 1. The van der Waals surface area contributed by atoms with Gasteiger partial charge in [0.2, 0.25) is 5.91 Å². The Balaban J connectivity index is 1.58. The van der Waals surface area contributed by atoms with E-state index in [-0.39, 0.29) is 11.7 Å². The second-order valence-corrected chi connectivity index (χ2v) is 8.14. The first-order valence-electron chi connectivity index (χ1n) is 8.66. The number of aryl methyl sites for hydroxylation is 1. The van der Waals surface area contributed by atoms with Crippen LogP contribution in [-0.2, 0) is 18.3 Å². The van der Waals surface area contributed by atoms with Crippen LogP contribution >= 0.6 is 27.7 Å². The minimum Gasteiger partial charge on any atom is -0.497 e. The van der Waals surface area contributed by atoms with Gasteiger partial charge >= 0.3 is 0 Å². The Bertz CT molecular complexity index is 973. The monoisotopic (exact) mass is 460 g/mol. The average molecular weight is 461 g/mol. The van der Waals surface area contributed by atoms with Crippen molar-refractivity contribution >= 4 is 39.3 Å². The molecule has 0 unspecified atom stereocenters. The van der Waals surface area contributed by atoms with E-state index in [9.17, 15) is 4.79 Å². The number of nitrogens with zero attached hydrogens (tertiary/aromatic N) is 3. The van der Waals surface area contributed by atoms with E-state index in [0.717, 1.165) is 32.9 Å². The number of hydrogen-bond donors (Lipinski definition) is 1. The minimum atomic E-state index is -0.0740. The minimum absolute atomic E-state index is 0.0740. The van der Waals surface area contributed by atoms with Crippen molar-refractivity contribution in [1.82, 2.24) is 14.8 Å². The lowest BCUT2D eigenvalue weighted by Crippen LogP contribution is -2.15. The summed E-state index contributed by atoms with van der Waals surface area (Å²) in [6, 6.07) is 13.6. The number of benzene rings is 2. The number of hydrogen-bond acceptors (Lipinski definition) is 5. The van der Waals surface area contributed by atoms with E-state index < -0.39 is 0 Å². The van der Waals surface area contributed by atoms with Gasteiger partial charge in [0.25, 0.3) is 0 Å². The Hall–Kier alpha value is -2.32. The average Bonchev–Trinajstić information content (AvgIpc) is 3.02. The summed E-state index contributed by atoms with van der Waals surface area (Å²) in [6.45, 7) is 1.96. The van der Waals surface area contributed by atoms with E-state index in [4.69, 9.17) is 4.74 Å². The van der Waals surface area contributed by atoms with Gasteiger partial charge in [-0.25, -0.2) is 0 Å². The Kier molecular flexibility index (Phi) is 6.74. The summed E-state index contributed by atoms with van der Waals surface area (Å²) in [5.41, 5.74) is 2.94. The van der Waals surface area contributed by atoms with Gasteiger partial charge in [-0.2, -0.15) is 0 Å². The van der Waals surface area contributed by atoms with E-state index in [1.54, 1.807) is 7.11 Å². The van der Waals surface area contributed by atoms with Crippen molar-refractivity contribution in [2.45, 2.75) is 18.5 Å². The third-order valence-electron chi connectivity index (χ3n) is 4.24. The smallest absolute Gasteiger partial charge is 0.234 e. The first-order chi connectivity index (χ1) is 13.5. The molecule has 0 aliphatic rings. The van der Waals surface area contributed by atoms with Gasteiger partial charge in [-0.15, -0.1) is 10.2 Å². The molecule has 28 heavy (non-hydrogen) atoms. The van der Waals surface area contributed by atoms with Gasteiger partial charge in [0.05, 0.1) is 12.9 Å². The number of anilines is 1. The fourth-order valence-corrected chi connectivity index (χ4v) is 3.84. The van der Waals surface area contributed by atoms with E-state index in [1.165, 1.54) is 11.8 Å². The summed E-state index contributed by atoms with van der Waals surface area (Å²) in [5.74, 6) is 1.86. The summed E-state index contributed by atoms with van der Waals surface area (Å²) in [4.78, 5) is 12.3. The zero-order valence-corrected chi connectivity index (χ0v) is 18.3. The molecule has 6 nitrogen and oxygen atoms in total. The lowest BCUT2D eigenvalue weighted by atomic mass is 10.1. The highest BCUT2D eigenvalue weighted by molar-refractivity contribution is 9.10. The summed E-state index contributed by atoms with van der Waals surface area (Å²) in [6.07, 6.45) is 0.665. The molecule has 0 saturated heterocycles. The van der Waals surface area contributed by atoms with Crippen LogP contribution in [0.25, 0.3) is 0 Å². The molecule has 0 saturated carbocycles. The summed E-state index contributed by atoms with van der Waals surface area (Å²) < 4.78 is 8.09. The van der Waals surface area contributed by atoms with Crippen molar-refractivity contribution in [3.8, 4) is 5.75 Å². The van der Waals surface area contributed by atoms with Gasteiger partial charge < -0.3 is 14.6 Å². The summed E-state index contributed by atoms with van der Waals surface area (Å²) >= 11 is 4.79. The fraction of sp³-hybridized carbons (Fsp3) is 0.250. The lowest BCUT2D eigenvalue weighted by Gasteiger charge is -2.08. The highest BCUT2D eigenvalue weighted by atomic mass is 79.9. The number of amides is 1. The standard InChI is InChI=1S/C20H21BrN4O2S/c1-13-10-15(21)6-9-17(13)22-19(26)12-28-20-24-23-18(25(20)2)11-14-4-7-16(27-3)8-5-14/h4-10H,11-12H2,1-3H3,(H,22,26). The van der Waals surface area contributed by atoms with Gasteiger partial charge in [0.15, 0.2) is 5.16 Å². The number of rotatable bonds is 7. The molecule has 1 aromatic heterocycles. The van der Waals surface area contributed by atoms with Gasteiger partial charge in [0.1, 0.15) is 11.6 Å². The Labute approximate surface area is 176 Å². The SMILES string of the molecule is COc1ccc(Cc2nnc(SCC(=O)Nc3ccc(Br)cc3C)n2C)cc1. The molecule has 146 valence electrons. The molecule has 0 radical (unpaired) electrons. The number of carbonyl (C=O) groups is 1. The molecule has 0 aliphatic heterocycles. The molecule has 3 aromatic rings. The molecule has 0 spiro atoms. The highest BCUT2D eigenvalue weighted by Gasteiger charge is 2.13. The molecule has 0 aliphatic carbocycles. The van der Waals surface area contributed by atoms with E-state index in [2.05, 4.69) is 31.4 Å². The first-order valence-corrected chi connectivity index (χ1v) is 10.4. The van der Waals surface area contributed by atoms with E-state index in [1.807, 2.05) is 61.0 Å². The van der Waals surface area contributed by atoms with Gasteiger partial charge in [-0.3, -0.25) is 4.79 Å². The van der Waals surface area contributed by atoms with Gasteiger partial charge in [-0.1, -0.05) is 39.8 Å². The molecule has 2 aromatic carbocycles. The zero-order valence-electron chi connectivity index (χ0n) is 15.9. The Morgan fingerprint density at radius 3 is 2.64 bits per heavy atom. The van der Waals surface area contributed by atoms with Crippen molar-refractivity contribution in [3.05, 3.63) is 63.9 Å². The number of thioether (sulfide) groups is 1. The van der Waals surface area contributed by atoms with Crippen molar-refractivity contribution in [3.63, 3.8) is 0 Å². The maximum Gasteiger partial charge on any atom is 0.234 e. The molecule has 3 rings (SSSR count). The molecular formula is C20H21BrN4O2S. The molecule has 0 fully saturated rings. The number of ether oxygens (including phenoxy) is 1. The Morgan fingerprint density at radius 2 is 1.96 bits per heavy atom. The highest BCUT2D eigenvalue weighted by Crippen LogP contribution is 2.22. The predicted molar refractivity (Wildman–Crippen MR) is 115 cm³/mol. The zero-order chi connectivity index (χ0) is 20.1. The molecule has 1 N–H and O–H groups in total. The lowest BCUT2D eigenvalue weighted by molar-refractivity contribution is -0.113. The van der Waals surface area contributed by atoms with Crippen molar-refractivity contribution < 1.29 is 9.53 Å². The van der Waals surface area contributed by atoms with Crippen LogP contribution in [0.4, 0.5) is 5.69 Å². The molecule has 0 atom stereocenters. The second-order valence-electron chi connectivity index (χ2n) is 6.28. The Morgan fingerprint density at radius 1 is 1.21 bits per heavy atom. The van der Waals surface area contributed by atoms with Crippen LogP contribution in [0, 0.1) is 6.92 Å². The number of carbonyl (C=O) groups excluding carboxylic acids is 1. The van der Waals surface area contributed by atoms with E-state index >= 15 is 0 Å². The van der Waals surface area contributed by atoms with Crippen LogP contribution in [0.5, 0.6) is 5.75 Å². The van der Waals surface area contributed by atoms with Crippen molar-refractivity contribution in [2.75, 3.05) is 18.2 Å². The number of halogens is 1. The molecule has 8 heteroatoms. The molecule has 1 heterocycles. The van der Waals surface area contributed by atoms with Crippen LogP contribution < -0.4 is 10.1 Å². The van der Waals surface area contributed by atoms with Crippen LogP contribution in [0.3, 0.4) is 0 Å². The summed E-state index contributed by atoms with van der Waals surface area (Å²) in [5, 5.41) is 12.1. The fourth-order valence-electron chi connectivity index (χ4n) is 2.63. The van der Waals surface area contributed by atoms with Crippen molar-refractivity contribution in [1.29, 1.82) is 0 Å². The quantitative estimate of drug-likeness (QED) is 0.534. The van der Waals surface area contributed by atoms with Crippen LogP contribution in [0.15, 0.2) is 52.1 Å². The maximum absolute atomic E-state index is 12.3.